The van der Waals surface area contributed by atoms with Crippen LogP contribution in [0.25, 0.3) is 0 Å². The van der Waals surface area contributed by atoms with E-state index in [4.69, 9.17) is 0 Å². The Balaban J connectivity index is 2.57. The first-order chi connectivity index (χ1) is 7.65. The van der Waals surface area contributed by atoms with Crippen LogP contribution in [0.15, 0.2) is 18.2 Å². The van der Waals surface area contributed by atoms with Gasteiger partial charge in [0.2, 0.25) is 0 Å². The van der Waals surface area contributed by atoms with Crippen molar-refractivity contribution in [3.05, 3.63) is 29.3 Å². The molecule has 0 fully saturated rings. The van der Waals surface area contributed by atoms with Crippen LogP contribution in [0.3, 0.4) is 0 Å². The van der Waals surface area contributed by atoms with Crippen LogP contribution < -0.4 is 4.90 Å². The van der Waals surface area contributed by atoms with Gasteiger partial charge in [0.15, 0.2) is 0 Å². The van der Waals surface area contributed by atoms with Gasteiger partial charge >= 0.3 is 0 Å². The normalized spacial score (nSPS) is 10.5. The number of hydrogen-bond acceptors (Lipinski definition) is 1. The molecule has 1 nitrogen and oxygen atoms in total. The zero-order valence-corrected chi connectivity index (χ0v) is 11.2. The maximum Gasteiger partial charge on any atom is 0.0393 e. The van der Waals surface area contributed by atoms with Crippen molar-refractivity contribution in [2.45, 2.75) is 46.0 Å². The second-order valence-electron chi connectivity index (χ2n) is 4.83. The molecule has 0 aliphatic carbocycles. The van der Waals surface area contributed by atoms with Gasteiger partial charge in [0.1, 0.15) is 0 Å². The van der Waals surface area contributed by atoms with Crippen LogP contribution in [-0.2, 0) is 6.42 Å². The average molecular weight is 219 g/mol. The highest BCUT2D eigenvalue weighted by atomic mass is 15.1. The molecule has 0 saturated carbocycles. The van der Waals surface area contributed by atoms with Crippen LogP contribution in [0.4, 0.5) is 5.69 Å². The number of aryl methyl sites for hydroxylation is 2. The molecule has 0 heterocycles. The molecule has 0 amide bonds. The number of nitrogens with zero attached hydrogens (tertiary/aromatic N) is 1. The van der Waals surface area contributed by atoms with Gasteiger partial charge in [-0.2, -0.15) is 0 Å². The lowest BCUT2D eigenvalue weighted by Gasteiger charge is -2.16. The minimum atomic E-state index is 1.22. The maximum atomic E-state index is 2.33. The van der Waals surface area contributed by atoms with Crippen molar-refractivity contribution >= 4 is 5.69 Å². The van der Waals surface area contributed by atoms with Gasteiger partial charge in [-0.25, -0.2) is 0 Å². The summed E-state index contributed by atoms with van der Waals surface area (Å²) in [5, 5.41) is 0. The fourth-order valence-electron chi connectivity index (χ4n) is 2.05. The lowest BCUT2D eigenvalue weighted by atomic mass is 10.0. The van der Waals surface area contributed by atoms with E-state index in [0.29, 0.717) is 0 Å². The third-order valence-corrected chi connectivity index (χ3v) is 3.07. The summed E-state index contributed by atoms with van der Waals surface area (Å²) in [6, 6.07) is 6.85. The fourth-order valence-corrected chi connectivity index (χ4v) is 2.05. The fraction of sp³-hybridized carbons (Fsp3) is 0.600. The number of anilines is 1. The molecule has 1 aromatic rings. The number of unbranched alkanes of at least 4 members (excludes halogenated alkanes) is 3. The van der Waals surface area contributed by atoms with E-state index >= 15 is 0 Å². The molecule has 0 aromatic heterocycles. The molecule has 0 atom stereocenters. The van der Waals surface area contributed by atoms with Crippen molar-refractivity contribution in [1.29, 1.82) is 0 Å². The predicted octanol–water partition coefficient (Wildman–Crippen LogP) is 4.18. The summed E-state index contributed by atoms with van der Waals surface area (Å²) in [5.74, 6) is 0. The zero-order chi connectivity index (χ0) is 12.0. The summed E-state index contributed by atoms with van der Waals surface area (Å²) in [4.78, 5) is 2.20. The highest BCUT2D eigenvalue weighted by Crippen LogP contribution is 2.20. The van der Waals surface area contributed by atoms with Gasteiger partial charge in [-0.3, -0.25) is 0 Å². The van der Waals surface area contributed by atoms with Crippen LogP contribution in [0.5, 0.6) is 0 Å². The zero-order valence-electron chi connectivity index (χ0n) is 11.2. The monoisotopic (exact) mass is 219 g/mol. The molecular formula is C15H25N. The molecular weight excluding hydrogens is 194 g/mol. The van der Waals surface area contributed by atoms with E-state index in [9.17, 15) is 0 Å². The first-order valence-electron chi connectivity index (χ1n) is 6.42. The standard InChI is InChI=1S/C15H25N/c1-5-6-7-8-9-14-11-10-13(2)15(12-14)16(3)4/h10-12H,5-9H2,1-4H3. The molecule has 1 aromatic carbocycles. The molecule has 1 heteroatoms. The molecule has 0 aliphatic rings. The van der Waals surface area contributed by atoms with E-state index in [1.807, 2.05) is 0 Å². The van der Waals surface area contributed by atoms with Crippen LogP contribution >= 0.6 is 0 Å². The van der Waals surface area contributed by atoms with Gasteiger partial charge in [0, 0.05) is 19.8 Å². The first-order valence-corrected chi connectivity index (χ1v) is 6.42. The van der Waals surface area contributed by atoms with Gasteiger partial charge in [0.05, 0.1) is 0 Å². The van der Waals surface area contributed by atoms with Gasteiger partial charge in [-0.05, 0) is 37.0 Å². The maximum absolute atomic E-state index is 2.33. The summed E-state index contributed by atoms with van der Waals surface area (Å²) in [5.41, 5.74) is 4.20. The molecule has 1 rings (SSSR count). The van der Waals surface area contributed by atoms with Crippen LogP contribution in [0.1, 0.15) is 43.7 Å². The van der Waals surface area contributed by atoms with Crippen molar-refractivity contribution < 1.29 is 0 Å². The Bertz CT molecular complexity index is 315. The SMILES string of the molecule is CCCCCCc1ccc(C)c(N(C)C)c1. The number of hydrogen-bond donors (Lipinski definition) is 0. The molecule has 0 bridgehead atoms. The van der Waals surface area contributed by atoms with E-state index in [0.717, 1.165) is 0 Å². The quantitative estimate of drug-likeness (QED) is 0.649. The van der Waals surface area contributed by atoms with Crippen molar-refractivity contribution in [3.63, 3.8) is 0 Å². The molecule has 0 aliphatic heterocycles. The third-order valence-electron chi connectivity index (χ3n) is 3.07. The van der Waals surface area contributed by atoms with Gasteiger partial charge in [-0.1, -0.05) is 38.3 Å². The molecule has 90 valence electrons. The highest BCUT2D eigenvalue weighted by molar-refractivity contribution is 5.53. The summed E-state index contributed by atoms with van der Waals surface area (Å²) in [6.07, 6.45) is 6.59. The summed E-state index contributed by atoms with van der Waals surface area (Å²) < 4.78 is 0. The average Bonchev–Trinajstić information content (AvgIpc) is 2.26. The molecule has 0 saturated heterocycles. The Labute approximate surface area is 100 Å². The van der Waals surface area contributed by atoms with Crippen molar-refractivity contribution in [2.24, 2.45) is 0 Å². The molecule has 0 spiro atoms. The minimum Gasteiger partial charge on any atom is -0.377 e. The molecule has 0 radical (unpaired) electrons. The van der Waals surface area contributed by atoms with E-state index in [2.05, 4.69) is 51.0 Å². The molecule has 0 unspecified atom stereocenters. The highest BCUT2D eigenvalue weighted by Gasteiger charge is 2.02. The topological polar surface area (TPSA) is 3.24 Å². The molecule has 0 N–H and O–H groups in total. The summed E-state index contributed by atoms with van der Waals surface area (Å²) >= 11 is 0. The van der Waals surface area contributed by atoms with Crippen molar-refractivity contribution in [3.8, 4) is 0 Å². The third kappa shape index (κ3) is 3.88. The Kier molecular flexibility index (Phi) is 5.37. The van der Waals surface area contributed by atoms with E-state index in [1.54, 1.807) is 0 Å². The van der Waals surface area contributed by atoms with Gasteiger partial charge in [-0.15, -0.1) is 0 Å². The minimum absolute atomic E-state index is 1.22. The number of rotatable bonds is 6. The van der Waals surface area contributed by atoms with Gasteiger partial charge < -0.3 is 4.90 Å². The Morgan fingerprint density at radius 1 is 1.06 bits per heavy atom. The van der Waals surface area contributed by atoms with Crippen molar-refractivity contribution in [1.82, 2.24) is 0 Å². The van der Waals surface area contributed by atoms with Gasteiger partial charge in [0.25, 0.3) is 0 Å². The van der Waals surface area contributed by atoms with Crippen LogP contribution in [0.2, 0.25) is 0 Å². The predicted molar refractivity (Wildman–Crippen MR) is 73.4 cm³/mol. The van der Waals surface area contributed by atoms with E-state index in [1.165, 1.54) is 48.9 Å². The smallest absolute Gasteiger partial charge is 0.0393 e. The van der Waals surface area contributed by atoms with Crippen molar-refractivity contribution in [2.75, 3.05) is 19.0 Å². The van der Waals surface area contributed by atoms with E-state index in [-0.39, 0.29) is 0 Å². The lowest BCUT2D eigenvalue weighted by molar-refractivity contribution is 0.667. The second kappa shape index (κ2) is 6.57. The largest absolute Gasteiger partial charge is 0.377 e. The Morgan fingerprint density at radius 2 is 1.81 bits per heavy atom. The van der Waals surface area contributed by atoms with E-state index < -0.39 is 0 Å². The Hall–Kier alpha value is -0.980. The first kappa shape index (κ1) is 13.1. The summed E-state index contributed by atoms with van der Waals surface area (Å²) in [6.45, 7) is 4.44. The summed E-state index contributed by atoms with van der Waals surface area (Å²) in [7, 11) is 4.23. The lowest BCUT2D eigenvalue weighted by Crippen LogP contribution is -2.10. The Morgan fingerprint density at radius 3 is 2.44 bits per heavy atom. The second-order valence-corrected chi connectivity index (χ2v) is 4.83. The molecule has 16 heavy (non-hydrogen) atoms. The van der Waals surface area contributed by atoms with Crippen LogP contribution in [-0.4, -0.2) is 14.1 Å². The van der Waals surface area contributed by atoms with Crippen LogP contribution in [0, 0.1) is 6.92 Å². The number of benzene rings is 1.